The van der Waals surface area contributed by atoms with Gasteiger partial charge >= 0.3 is 8.20 Å². The van der Waals surface area contributed by atoms with E-state index >= 15 is 0 Å². The molecule has 1 aliphatic heterocycles. The van der Waals surface area contributed by atoms with E-state index in [0.717, 1.165) is 0 Å². The molecule has 1 rings (SSSR count). The zero-order valence-electron chi connectivity index (χ0n) is 6.39. The van der Waals surface area contributed by atoms with Crippen LogP contribution in [0.2, 0.25) is 0 Å². The largest absolute Gasteiger partial charge is 0.379 e. The van der Waals surface area contributed by atoms with Crippen LogP contribution in [0.4, 0.5) is 0 Å². The first kappa shape index (κ1) is 6.76. The highest BCUT2D eigenvalue weighted by Gasteiger charge is 2.11. The number of morpholine rings is 1. The van der Waals surface area contributed by atoms with Gasteiger partial charge in [0.05, 0.1) is 13.2 Å². The van der Waals surface area contributed by atoms with Crippen molar-refractivity contribution in [3.05, 3.63) is 0 Å². The Bertz CT molecular complexity index is 165. The van der Waals surface area contributed by atoms with Crippen LogP contribution in [-0.2, 0) is 13.9 Å². The quantitative estimate of drug-likeness (QED) is 0.570. The summed E-state index contributed by atoms with van der Waals surface area (Å²) in [6.07, 6.45) is 0. The smallest absolute Gasteiger partial charge is 0.333 e. The number of hydrogen-bond donors (Lipinski definition) is 1. The lowest BCUT2D eigenvalue weighted by Crippen LogP contribution is -2.34. The molecular weight excluding hydrogens is 157 g/mol. The van der Waals surface area contributed by atoms with Gasteiger partial charge < -0.3 is 9.63 Å². The molecule has 0 saturated carbocycles. The zero-order valence-corrected chi connectivity index (χ0v) is 6.29. The molecule has 1 fully saturated rings. The van der Waals surface area contributed by atoms with Crippen LogP contribution < -0.4 is 0 Å². The molecule has 0 aromatic heterocycles. The van der Waals surface area contributed by atoms with Crippen molar-refractivity contribution in [2.75, 3.05) is 26.3 Å². The van der Waals surface area contributed by atoms with Gasteiger partial charge in [-0.3, -0.25) is 4.57 Å². The van der Waals surface area contributed by atoms with Gasteiger partial charge in [-0.05, 0) is 0 Å². The van der Waals surface area contributed by atoms with Crippen molar-refractivity contribution < 1.29 is 18.8 Å². The maximum absolute atomic E-state index is 10.4. The van der Waals surface area contributed by atoms with E-state index in [9.17, 15) is 4.57 Å². The Hall–Kier alpha value is 0.0700. The van der Waals surface area contributed by atoms with Crippen LogP contribution in [-0.4, -0.2) is 37.5 Å². The molecule has 6 heteroatoms. The molecule has 0 aliphatic carbocycles. The van der Waals surface area contributed by atoms with E-state index in [1.54, 1.807) is 0 Å². The van der Waals surface area contributed by atoms with Gasteiger partial charge in [0, 0.05) is 13.1 Å². The fraction of sp³-hybridized carbons (Fsp3) is 1.00. The highest BCUT2D eigenvalue weighted by atomic mass is 31.1. The molecule has 0 radical (unpaired) electrons. The second-order valence-corrected chi connectivity index (χ2v) is 2.50. The van der Waals surface area contributed by atoms with Crippen molar-refractivity contribution in [3.63, 3.8) is 0 Å². The normalized spacial score (nSPS) is 29.1. The van der Waals surface area contributed by atoms with E-state index in [1.165, 1.54) is 5.06 Å². The van der Waals surface area contributed by atoms with Gasteiger partial charge in [0.2, 0.25) is 0 Å². The molecule has 1 unspecified atom stereocenters. The monoisotopic (exact) mass is 168 g/mol. The first-order valence-corrected chi connectivity index (χ1v) is 4.09. The van der Waals surface area contributed by atoms with Gasteiger partial charge in [-0.15, -0.1) is 0 Å². The molecule has 60 valence electrons. The molecule has 1 saturated heterocycles. The van der Waals surface area contributed by atoms with E-state index in [0.29, 0.717) is 26.3 Å². The van der Waals surface area contributed by atoms with Crippen LogP contribution in [0.3, 0.4) is 0 Å². The summed E-state index contributed by atoms with van der Waals surface area (Å²) in [6.45, 7) is 1.81. The van der Waals surface area contributed by atoms with Gasteiger partial charge in [-0.2, -0.15) is 5.06 Å². The average molecular weight is 168 g/mol. The average Bonchev–Trinajstić information content (AvgIpc) is 1.85. The van der Waals surface area contributed by atoms with E-state index in [2.05, 4.69) is 4.62 Å². The van der Waals surface area contributed by atoms with Gasteiger partial charge in [-0.25, -0.2) is 4.62 Å². The van der Waals surface area contributed by atoms with Crippen molar-refractivity contribution in [2.45, 2.75) is 0 Å². The van der Waals surface area contributed by atoms with E-state index in [1.807, 2.05) is 0 Å². The van der Waals surface area contributed by atoms with Gasteiger partial charge in [-0.1, -0.05) is 0 Å². The Balaban J connectivity index is 2.30. The first-order valence-electron chi connectivity index (χ1n) is 3.40. The number of hydroxylamine groups is 2. The number of ether oxygens (including phenoxy) is 1. The minimum absolute atomic E-state index is 0.434. The van der Waals surface area contributed by atoms with Crippen molar-refractivity contribution in [2.24, 2.45) is 0 Å². The molecule has 0 aromatic carbocycles. The van der Waals surface area contributed by atoms with Gasteiger partial charge in [0.1, 0.15) is 0 Å². The summed E-state index contributed by atoms with van der Waals surface area (Å²) >= 11 is 0. The van der Waals surface area contributed by atoms with Crippen molar-refractivity contribution >= 4 is 8.20 Å². The molecule has 1 heterocycles. The SMILES string of the molecule is [2H]P(=O)(O)ON1CCOCC1. The summed E-state index contributed by atoms with van der Waals surface area (Å²) in [4.78, 5) is 8.49. The van der Waals surface area contributed by atoms with Crippen molar-refractivity contribution in [3.8, 4) is 0 Å². The van der Waals surface area contributed by atoms with Crippen LogP contribution >= 0.6 is 8.20 Å². The Kier molecular flexibility index (Phi) is 2.74. The van der Waals surface area contributed by atoms with Gasteiger partial charge in [0.25, 0.3) is 0 Å². The van der Waals surface area contributed by atoms with E-state index in [4.69, 9.17) is 10.9 Å². The third kappa shape index (κ3) is 2.77. The van der Waals surface area contributed by atoms with Crippen LogP contribution in [0.1, 0.15) is 0 Å². The molecule has 0 bridgehead atoms. The molecule has 10 heavy (non-hydrogen) atoms. The third-order valence-corrected chi connectivity index (χ3v) is 1.53. The van der Waals surface area contributed by atoms with Crippen molar-refractivity contribution in [1.29, 1.82) is 1.28 Å². The Morgan fingerprint density at radius 1 is 1.70 bits per heavy atom. The van der Waals surface area contributed by atoms with Crippen LogP contribution in [0.25, 0.3) is 0 Å². The summed E-state index contributed by atoms with van der Waals surface area (Å²) in [5.74, 6) is 0. The molecule has 0 spiro atoms. The van der Waals surface area contributed by atoms with Gasteiger partial charge in [0.15, 0.2) is 1.28 Å². The summed E-state index contributed by atoms with van der Waals surface area (Å²) in [6, 6.07) is 0. The van der Waals surface area contributed by atoms with Crippen LogP contribution in [0, 0.1) is 0 Å². The number of nitrogens with zero attached hydrogens (tertiary/aromatic N) is 1. The highest BCUT2D eigenvalue weighted by molar-refractivity contribution is 7.32. The number of rotatable bonds is 2. The Morgan fingerprint density at radius 2 is 2.30 bits per heavy atom. The lowest BCUT2D eigenvalue weighted by Gasteiger charge is -2.23. The van der Waals surface area contributed by atoms with E-state index in [-0.39, 0.29) is 0 Å². The molecule has 5 nitrogen and oxygen atoms in total. The first-order chi connectivity index (χ1) is 5.08. The van der Waals surface area contributed by atoms with Crippen LogP contribution in [0.5, 0.6) is 0 Å². The third-order valence-electron chi connectivity index (χ3n) is 1.16. The summed E-state index contributed by atoms with van der Waals surface area (Å²) in [5, 5.41) is 1.28. The lowest BCUT2D eigenvalue weighted by molar-refractivity contribution is -0.119. The molecular formula is C4H10NO4P. The number of hydrogen-bond acceptors (Lipinski definition) is 4. The summed E-state index contributed by atoms with van der Waals surface area (Å²) < 4.78 is 26.3. The lowest BCUT2D eigenvalue weighted by atomic mass is 10.5. The van der Waals surface area contributed by atoms with Crippen LogP contribution in [0.15, 0.2) is 0 Å². The minimum atomic E-state index is -4.11. The second-order valence-electron chi connectivity index (χ2n) is 1.86. The van der Waals surface area contributed by atoms with E-state index < -0.39 is 8.20 Å². The Labute approximate surface area is 60.7 Å². The van der Waals surface area contributed by atoms with Crippen molar-refractivity contribution in [1.82, 2.24) is 5.06 Å². The molecule has 0 aromatic rings. The molecule has 1 N–H and O–H groups in total. The summed E-state index contributed by atoms with van der Waals surface area (Å²) in [5.41, 5.74) is 0. The maximum atomic E-state index is 10.4. The summed E-state index contributed by atoms with van der Waals surface area (Å²) in [7, 11) is -4.11. The highest BCUT2D eigenvalue weighted by Crippen LogP contribution is 2.17. The fourth-order valence-electron chi connectivity index (χ4n) is 0.727. The fourth-order valence-corrected chi connectivity index (χ4v) is 1.09. The Morgan fingerprint density at radius 3 is 2.80 bits per heavy atom. The molecule has 0 amide bonds. The molecule has 1 atom stereocenters. The zero-order chi connectivity index (χ0) is 8.32. The standard InChI is InChI=1S/C4H10NO4P/c6-10(7)9-5-1-3-8-4-2-5/h10H,1-4H2,(H,6,7)/i10D. The predicted octanol–water partition coefficient (Wildman–Crippen LogP) is -0.368. The second kappa shape index (κ2) is 4.05. The molecule has 1 aliphatic rings. The topological polar surface area (TPSA) is 59.0 Å². The minimum Gasteiger partial charge on any atom is -0.379 e. The predicted molar refractivity (Wildman–Crippen MR) is 34.7 cm³/mol. The maximum Gasteiger partial charge on any atom is 0.333 e.